The molecule has 0 saturated carbocycles. The van der Waals surface area contributed by atoms with Gasteiger partial charge >= 0.3 is 6.18 Å². The summed E-state index contributed by atoms with van der Waals surface area (Å²) in [6.45, 7) is -2.05. The summed E-state index contributed by atoms with van der Waals surface area (Å²) in [4.78, 5) is 0. The molecule has 0 unspecified atom stereocenters. The SMILES string of the molecule is CN(C)S(=O)(=O)N(CCN)CC(F)(F)F. The predicted molar refractivity (Wildman–Crippen MR) is 49.3 cm³/mol. The Balaban J connectivity index is 4.83. The second kappa shape index (κ2) is 5.10. The molecule has 0 heterocycles. The molecule has 0 aromatic heterocycles. The van der Waals surface area contributed by atoms with Gasteiger partial charge in [-0.3, -0.25) is 0 Å². The summed E-state index contributed by atoms with van der Waals surface area (Å²) in [7, 11) is -1.74. The molecule has 0 aromatic rings. The van der Waals surface area contributed by atoms with Crippen molar-refractivity contribution in [1.29, 1.82) is 0 Å². The highest BCUT2D eigenvalue weighted by Gasteiger charge is 2.36. The lowest BCUT2D eigenvalue weighted by Crippen LogP contribution is -2.46. The fourth-order valence-corrected chi connectivity index (χ4v) is 1.96. The van der Waals surface area contributed by atoms with Crippen LogP contribution in [0.3, 0.4) is 0 Å². The Bertz CT molecular complexity index is 288. The Labute approximate surface area is 86.8 Å². The first-order chi connectivity index (χ1) is 6.61. The molecule has 15 heavy (non-hydrogen) atoms. The Kier molecular flexibility index (Phi) is 4.97. The first-order valence-corrected chi connectivity index (χ1v) is 5.45. The van der Waals surface area contributed by atoms with Gasteiger partial charge in [-0.2, -0.15) is 30.2 Å². The van der Waals surface area contributed by atoms with E-state index in [-0.39, 0.29) is 13.1 Å². The Morgan fingerprint density at radius 3 is 2.00 bits per heavy atom. The highest BCUT2D eigenvalue weighted by Crippen LogP contribution is 2.18. The molecule has 0 amide bonds. The lowest BCUT2D eigenvalue weighted by Gasteiger charge is -2.25. The third-order valence-corrected chi connectivity index (χ3v) is 3.41. The highest BCUT2D eigenvalue weighted by molar-refractivity contribution is 7.86. The Morgan fingerprint density at radius 1 is 1.27 bits per heavy atom. The third-order valence-electron chi connectivity index (χ3n) is 1.52. The van der Waals surface area contributed by atoms with E-state index in [0.717, 1.165) is 14.1 Å². The summed E-state index contributed by atoms with van der Waals surface area (Å²) >= 11 is 0. The van der Waals surface area contributed by atoms with Gasteiger partial charge in [0.25, 0.3) is 10.2 Å². The summed E-state index contributed by atoms with van der Waals surface area (Å²) in [5, 5.41) is 0. The summed E-state index contributed by atoms with van der Waals surface area (Å²) in [5.41, 5.74) is 5.05. The van der Waals surface area contributed by atoms with E-state index in [1.165, 1.54) is 0 Å². The lowest BCUT2D eigenvalue weighted by atomic mass is 10.5. The molecule has 0 aliphatic heterocycles. The van der Waals surface area contributed by atoms with Gasteiger partial charge in [0.2, 0.25) is 0 Å². The van der Waals surface area contributed by atoms with Gasteiger partial charge in [-0.05, 0) is 0 Å². The average Bonchev–Trinajstić information content (AvgIpc) is 2.00. The van der Waals surface area contributed by atoms with E-state index < -0.39 is 22.9 Å². The first kappa shape index (κ1) is 14.6. The van der Waals surface area contributed by atoms with Crippen molar-refractivity contribution in [2.24, 2.45) is 5.73 Å². The third kappa shape index (κ3) is 4.78. The molecule has 0 atom stereocenters. The highest BCUT2D eigenvalue weighted by atomic mass is 32.2. The molecule has 0 radical (unpaired) electrons. The van der Waals surface area contributed by atoms with Crippen LogP contribution in [0.1, 0.15) is 0 Å². The van der Waals surface area contributed by atoms with E-state index in [9.17, 15) is 21.6 Å². The van der Waals surface area contributed by atoms with Crippen LogP contribution in [0.4, 0.5) is 13.2 Å². The number of hydrogen-bond donors (Lipinski definition) is 1. The minimum atomic E-state index is -4.57. The summed E-state index contributed by atoms with van der Waals surface area (Å²) in [6, 6.07) is 0. The van der Waals surface area contributed by atoms with Gasteiger partial charge < -0.3 is 5.73 Å². The van der Waals surface area contributed by atoms with Crippen LogP contribution in [0, 0.1) is 0 Å². The molecule has 0 rings (SSSR count). The van der Waals surface area contributed by atoms with Crippen LogP contribution >= 0.6 is 0 Å². The maximum atomic E-state index is 12.1. The summed E-state index contributed by atoms with van der Waals surface area (Å²) < 4.78 is 60.0. The largest absolute Gasteiger partial charge is 0.402 e. The van der Waals surface area contributed by atoms with Crippen LogP contribution in [0.5, 0.6) is 0 Å². The van der Waals surface area contributed by atoms with Gasteiger partial charge in [0.05, 0.1) is 0 Å². The van der Waals surface area contributed by atoms with E-state index in [1.54, 1.807) is 0 Å². The maximum Gasteiger partial charge on any atom is 0.402 e. The fraction of sp³-hybridized carbons (Fsp3) is 1.00. The molecule has 92 valence electrons. The van der Waals surface area contributed by atoms with Gasteiger partial charge in [-0.15, -0.1) is 0 Å². The van der Waals surface area contributed by atoms with Crippen LogP contribution in [-0.2, 0) is 10.2 Å². The predicted octanol–water partition coefficient (Wildman–Crippen LogP) is -0.384. The van der Waals surface area contributed by atoms with Crippen LogP contribution in [0.2, 0.25) is 0 Å². The smallest absolute Gasteiger partial charge is 0.329 e. The molecular formula is C6H14F3N3O2S. The van der Waals surface area contributed by atoms with Crippen molar-refractivity contribution in [2.75, 3.05) is 33.7 Å². The topological polar surface area (TPSA) is 66.6 Å². The molecule has 0 aromatic carbocycles. The number of hydrogen-bond acceptors (Lipinski definition) is 3. The number of nitrogens with zero attached hydrogens (tertiary/aromatic N) is 2. The first-order valence-electron chi connectivity index (χ1n) is 4.05. The van der Waals surface area contributed by atoms with Crippen molar-refractivity contribution in [3.05, 3.63) is 0 Å². The normalized spacial score (nSPS) is 13.9. The molecule has 9 heteroatoms. The monoisotopic (exact) mass is 249 g/mol. The van der Waals surface area contributed by atoms with Gasteiger partial charge in [0, 0.05) is 27.2 Å². The Morgan fingerprint density at radius 2 is 1.73 bits per heavy atom. The zero-order valence-electron chi connectivity index (χ0n) is 8.45. The van der Waals surface area contributed by atoms with Crippen LogP contribution in [0.15, 0.2) is 0 Å². The van der Waals surface area contributed by atoms with Crippen molar-refractivity contribution < 1.29 is 21.6 Å². The Hall–Kier alpha value is -0.380. The van der Waals surface area contributed by atoms with Crippen LogP contribution in [-0.4, -0.2) is 56.9 Å². The number of nitrogens with two attached hydrogens (primary N) is 1. The van der Waals surface area contributed by atoms with Gasteiger partial charge in [0.1, 0.15) is 6.54 Å². The van der Waals surface area contributed by atoms with Crippen LogP contribution in [0.25, 0.3) is 0 Å². The molecule has 2 N–H and O–H groups in total. The standard InChI is InChI=1S/C6H14F3N3O2S/c1-11(2)15(13,14)12(4-3-10)5-6(7,8)9/h3-5,10H2,1-2H3. The second-order valence-electron chi connectivity index (χ2n) is 3.03. The molecule has 0 saturated heterocycles. The molecular weight excluding hydrogens is 235 g/mol. The van der Waals surface area contributed by atoms with Crippen molar-refractivity contribution in [2.45, 2.75) is 6.18 Å². The zero-order chi connectivity index (χ0) is 12.3. The van der Waals surface area contributed by atoms with E-state index in [0.29, 0.717) is 8.61 Å². The number of halogens is 3. The molecule has 0 spiro atoms. The average molecular weight is 249 g/mol. The minimum absolute atomic E-state index is 0.164. The molecule has 0 bridgehead atoms. The second-order valence-corrected chi connectivity index (χ2v) is 5.17. The quantitative estimate of drug-likeness (QED) is 0.722. The fourth-order valence-electron chi connectivity index (χ4n) is 0.851. The van der Waals surface area contributed by atoms with E-state index in [2.05, 4.69) is 0 Å². The van der Waals surface area contributed by atoms with Gasteiger partial charge in [0.15, 0.2) is 0 Å². The van der Waals surface area contributed by atoms with Gasteiger partial charge in [-0.1, -0.05) is 0 Å². The molecule has 0 fully saturated rings. The van der Waals surface area contributed by atoms with Crippen molar-refractivity contribution in [1.82, 2.24) is 8.61 Å². The minimum Gasteiger partial charge on any atom is -0.329 e. The van der Waals surface area contributed by atoms with Crippen LogP contribution < -0.4 is 5.73 Å². The van der Waals surface area contributed by atoms with E-state index >= 15 is 0 Å². The maximum absolute atomic E-state index is 12.1. The number of alkyl halides is 3. The van der Waals surface area contributed by atoms with Crippen molar-refractivity contribution in [3.63, 3.8) is 0 Å². The molecule has 0 aliphatic rings. The van der Waals surface area contributed by atoms with Crippen molar-refractivity contribution >= 4 is 10.2 Å². The zero-order valence-corrected chi connectivity index (χ0v) is 9.27. The van der Waals surface area contributed by atoms with E-state index in [1.807, 2.05) is 0 Å². The lowest BCUT2D eigenvalue weighted by molar-refractivity contribution is -0.136. The molecule has 5 nitrogen and oxygen atoms in total. The summed E-state index contributed by atoms with van der Waals surface area (Å²) in [5.74, 6) is 0. The van der Waals surface area contributed by atoms with E-state index in [4.69, 9.17) is 5.73 Å². The number of rotatable bonds is 5. The van der Waals surface area contributed by atoms with Crippen molar-refractivity contribution in [3.8, 4) is 0 Å². The summed E-state index contributed by atoms with van der Waals surface area (Å²) in [6.07, 6.45) is -4.57. The van der Waals surface area contributed by atoms with Gasteiger partial charge in [-0.25, -0.2) is 0 Å². The molecule has 0 aliphatic carbocycles.